The number of hydrogen-bond acceptors (Lipinski definition) is 0. The Morgan fingerprint density at radius 3 is 1.02 bits per heavy atom. The van der Waals surface area contributed by atoms with Crippen LogP contribution in [0.25, 0.3) is 44.5 Å². The van der Waals surface area contributed by atoms with Gasteiger partial charge in [-0.1, -0.05) is 121 Å². The van der Waals surface area contributed by atoms with E-state index in [2.05, 4.69) is 188 Å². The van der Waals surface area contributed by atoms with Gasteiger partial charge in [-0.3, -0.25) is 0 Å². The lowest BCUT2D eigenvalue weighted by molar-refractivity contribution is 1.23. The minimum atomic E-state index is 1.19. The van der Waals surface area contributed by atoms with Gasteiger partial charge in [0.25, 0.3) is 0 Å². The quantitative estimate of drug-likeness (QED) is 0.137. The predicted octanol–water partition coefficient (Wildman–Crippen LogP) is 11.4. The second kappa shape index (κ2) is 12.1. The Morgan fingerprint density at radius 2 is 0.605 bits per heavy atom. The molecule has 0 aliphatic carbocycles. The van der Waals surface area contributed by atoms with Gasteiger partial charge in [-0.05, 0) is 83.4 Å². The molecule has 0 spiro atoms. The van der Waals surface area contributed by atoms with Crippen molar-refractivity contribution in [3.63, 3.8) is 0 Å². The molecular weight excluding hydrogens is 516 g/mol. The second-order valence-corrected chi connectivity index (χ2v) is 10.7. The van der Waals surface area contributed by atoms with E-state index in [1.165, 1.54) is 67.1 Å². The molecule has 0 amide bonds. The van der Waals surface area contributed by atoms with E-state index < -0.39 is 0 Å². The average molecular weight is 548 g/mol. The molecule has 0 aliphatic heterocycles. The highest BCUT2D eigenvalue weighted by Crippen LogP contribution is 2.50. The first-order valence-electron chi connectivity index (χ1n) is 14.8. The van der Waals surface area contributed by atoms with Crippen molar-refractivity contribution in [1.29, 1.82) is 0 Å². The van der Waals surface area contributed by atoms with Crippen molar-refractivity contribution in [2.45, 2.75) is 0 Å². The van der Waals surface area contributed by atoms with E-state index in [4.69, 9.17) is 0 Å². The first kappa shape index (κ1) is 26.3. The number of rotatable bonds is 7. The molecular formula is C43H31+. The molecule has 0 unspecified atom stereocenters. The molecule has 7 aromatic rings. The topological polar surface area (TPSA) is 0 Å². The zero-order valence-corrected chi connectivity index (χ0v) is 23.9. The predicted molar refractivity (Wildman–Crippen MR) is 182 cm³/mol. The standard InChI is InChI=1S/C43H31/c1-7-19-32(20-8-1)38-31-39(40(33-21-9-2-10-22-33)34-23-11-3-12-24-34)42(36-27-15-5-16-28-36)43(37-29-17-6-18-30-37)41(38)35-25-13-4-14-26-35/h1-31H/q+1. The van der Waals surface area contributed by atoms with E-state index in [1.807, 2.05) is 0 Å². The molecule has 0 N–H and O–H groups in total. The molecule has 7 rings (SSSR count). The minimum Gasteiger partial charge on any atom is -0.0622 e. The Bertz CT molecular complexity index is 1870. The van der Waals surface area contributed by atoms with Crippen molar-refractivity contribution in [3.05, 3.63) is 211 Å². The van der Waals surface area contributed by atoms with Gasteiger partial charge in [0.05, 0.1) is 22.6 Å². The number of benzene rings is 7. The lowest BCUT2D eigenvalue weighted by Crippen LogP contribution is -2.09. The van der Waals surface area contributed by atoms with Gasteiger partial charge in [0.2, 0.25) is 0 Å². The van der Waals surface area contributed by atoms with Crippen molar-refractivity contribution in [1.82, 2.24) is 0 Å². The minimum absolute atomic E-state index is 1.19. The Kier molecular flexibility index (Phi) is 7.41. The second-order valence-electron chi connectivity index (χ2n) is 10.7. The lowest BCUT2D eigenvalue weighted by atomic mass is 9.74. The summed E-state index contributed by atoms with van der Waals surface area (Å²) in [5.74, 6) is 1.22. The Hall–Kier alpha value is -5.59. The van der Waals surface area contributed by atoms with Crippen molar-refractivity contribution < 1.29 is 0 Å². The summed E-state index contributed by atoms with van der Waals surface area (Å²) in [4.78, 5) is 0. The SMILES string of the molecule is c1ccc(-c2cc([C+](c3ccccc3)c3ccccc3)c(-c3ccccc3)c(-c3ccccc3)c2-c2ccccc2)cc1. The van der Waals surface area contributed by atoms with E-state index in [9.17, 15) is 0 Å². The first-order chi connectivity index (χ1) is 21.4. The van der Waals surface area contributed by atoms with Crippen molar-refractivity contribution in [2.75, 3.05) is 0 Å². The third-order valence-corrected chi connectivity index (χ3v) is 7.99. The number of hydrogen-bond donors (Lipinski definition) is 0. The van der Waals surface area contributed by atoms with Crippen LogP contribution >= 0.6 is 0 Å². The Labute approximate surface area is 254 Å². The van der Waals surface area contributed by atoms with E-state index in [0.717, 1.165) is 0 Å². The monoisotopic (exact) mass is 547 g/mol. The molecule has 0 fully saturated rings. The van der Waals surface area contributed by atoms with Crippen LogP contribution in [0.1, 0.15) is 16.7 Å². The van der Waals surface area contributed by atoms with Crippen LogP contribution in [0, 0.1) is 5.92 Å². The van der Waals surface area contributed by atoms with Crippen LogP contribution in [0.4, 0.5) is 0 Å². The summed E-state index contributed by atoms with van der Waals surface area (Å²) < 4.78 is 0. The van der Waals surface area contributed by atoms with Gasteiger partial charge in [-0.15, -0.1) is 0 Å². The Balaban J connectivity index is 1.70. The largest absolute Gasteiger partial charge is 0.0638 e. The summed E-state index contributed by atoms with van der Waals surface area (Å²) in [6.07, 6.45) is 0. The highest BCUT2D eigenvalue weighted by molar-refractivity contribution is 6.04. The van der Waals surface area contributed by atoms with Crippen LogP contribution in [0.3, 0.4) is 0 Å². The van der Waals surface area contributed by atoms with Gasteiger partial charge in [-0.25, -0.2) is 0 Å². The molecule has 0 nitrogen and oxygen atoms in total. The van der Waals surface area contributed by atoms with Crippen molar-refractivity contribution in [3.8, 4) is 44.5 Å². The summed E-state index contributed by atoms with van der Waals surface area (Å²) in [6, 6.07) is 67.5. The van der Waals surface area contributed by atoms with E-state index in [1.54, 1.807) is 0 Å². The van der Waals surface area contributed by atoms with Gasteiger partial charge in [0.1, 0.15) is 0 Å². The van der Waals surface area contributed by atoms with Crippen LogP contribution in [0.2, 0.25) is 0 Å². The molecule has 0 saturated carbocycles. The van der Waals surface area contributed by atoms with E-state index >= 15 is 0 Å². The zero-order chi connectivity index (χ0) is 28.8. The summed E-state index contributed by atoms with van der Waals surface area (Å²) in [6.45, 7) is 0. The molecule has 0 heterocycles. The molecule has 202 valence electrons. The van der Waals surface area contributed by atoms with Gasteiger partial charge in [0, 0.05) is 27.8 Å². The van der Waals surface area contributed by atoms with Crippen molar-refractivity contribution in [2.24, 2.45) is 0 Å². The van der Waals surface area contributed by atoms with Crippen LogP contribution < -0.4 is 0 Å². The van der Waals surface area contributed by atoms with Crippen LogP contribution in [-0.2, 0) is 0 Å². The molecule has 0 atom stereocenters. The van der Waals surface area contributed by atoms with E-state index in [-0.39, 0.29) is 0 Å². The van der Waals surface area contributed by atoms with Gasteiger partial charge in [0.15, 0.2) is 0 Å². The molecule has 0 aliphatic rings. The van der Waals surface area contributed by atoms with Gasteiger partial charge in [-0.2, -0.15) is 0 Å². The molecule has 0 saturated heterocycles. The Morgan fingerprint density at radius 1 is 0.279 bits per heavy atom. The van der Waals surface area contributed by atoms with E-state index in [0.29, 0.717) is 0 Å². The first-order valence-corrected chi connectivity index (χ1v) is 14.8. The summed E-state index contributed by atoms with van der Waals surface area (Å²) >= 11 is 0. The maximum atomic E-state index is 2.43. The van der Waals surface area contributed by atoms with Crippen LogP contribution in [0.15, 0.2) is 188 Å². The van der Waals surface area contributed by atoms with Gasteiger partial charge >= 0.3 is 0 Å². The highest BCUT2D eigenvalue weighted by Gasteiger charge is 2.32. The molecule has 7 aromatic carbocycles. The highest BCUT2D eigenvalue weighted by atomic mass is 14.3. The fraction of sp³-hybridized carbons (Fsp3) is 0. The average Bonchev–Trinajstić information content (AvgIpc) is 3.10. The fourth-order valence-corrected chi connectivity index (χ4v) is 6.12. The summed E-state index contributed by atoms with van der Waals surface area (Å²) in [5, 5.41) is 0. The van der Waals surface area contributed by atoms with Crippen LogP contribution in [-0.4, -0.2) is 0 Å². The van der Waals surface area contributed by atoms with Crippen LogP contribution in [0.5, 0.6) is 0 Å². The lowest BCUT2D eigenvalue weighted by Gasteiger charge is -2.25. The summed E-state index contributed by atoms with van der Waals surface area (Å²) in [5.41, 5.74) is 13.3. The summed E-state index contributed by atoms with van der Waals surface area (Å²) in [7, 11) is 0. The van der Waals surface area contributed by atoms with Crippen molar-refractivity contribution >= 4 is 0 Å². The maximum absolute atomic E-state index is 2.43. The fourth-order valence-electron chi connectivity index (χ4n) is 6.12. The smallest absolute Gasteiger partial charge is 0.0622 e. The molecule has 0 radical (unpaired) electrons. The molecule has 0 aromatic heterocycles. The third-order valence-electron chi connectivity index (χ3n) is 7.99. The normalized spacial score (nSPS) is 10.8. The molecule has 43 heavy (non-hydrogen) atoms. The maximum Gasteiger partial charge on any atom is 0.0638 e. The third kappa shape index (κ3) is 5.27. The molecule has 0 heteroatoms. The zero-order valence-electron chi connectivity index (χ0n) is 23.9. The molecule has 0 bridgehead atoms. The van der Waals surface area contributed by atoms with Gasteiger partial charge < -0.3 is 0 Å².